The monoisotopic (exact) mass is 260 g/mol. The van der Waals surface area contributed by atoms with Crippen molar-refractivity contribution in [3.8, 4) is 0 Å². The summed E-state index contributed by atoms with van der Waals surface area (Å²) < 4.78 is 37.3. The van der Waals surface area contributed by atoms with E-state index in [1.165, 1.54) is 6.07 Å². The lowest BCUT2D eigenvalue weighted by molar-refractivity contribution is -0.137. The number of pyridine rings is 1. The second-order valence-electron chi connectivity index (χ2n) is 4.71. The highest BCUT2D eigenvalue weighted by Gasteiger charge is 2.30. The summed E-state index contributed by atoms with van der Waals surface area (Å²) in [6.45, 7) is 6.89. The van der Waals surface area contributed by atoms with Crippen LogP contribution in [0.2, 0.25) is 0 Å². The van der Waals surface area contributed by atoms with E-state index in [0.29, 0.717) is 11.6 Å². The van der Waals surface area contributed by atoms with Crippen molar-refractivity contribution >= 4 is 0 Å². The van der Waals surface area contributed by atoms with Gasteiger partial charge < -0.3 is 5.32 Å². The maximum absolute atomic E-state index is 12.4. The Morgan fingerprint density at radius 1 is 1.28 bits per heavy atom. The van der Waals surface area contributed by atoms with Crippen LogP contribution < -0.4 is 5.32 Å². The fourth-order valence-electron chi connectivity index (χ4n) is 1.81. The lowest BCUT2D eigenvalue weighted by Crippen LogP contribution is -2.23. The summed E-state index contributed by atoms with van der Waals surface area (Å²) in [6, 6.07) is 2.56. The second-order valence-corrected chi connectivity index (χ2v) is 4.71. The Hall–Kier alpha value is -1.10. The van der Waals surface area contributed by atoms with Crippen molar-refractivity contribution in [2.45, 2.75) is 39.4 Å². The number of nitrogens with one attached hydrogen (secondary N) is 1. The zero-order valence-electron chi connectivity index (χ0n) is 10.9. The number of aromatic nitrogens is 1. The van der Waals surface area contributed by atoms with E-state index in [2.05, 4.69) is 24.1 Å². The van der Waals surface area contributed by atoms with Gasteiger partial charge in [0.1, 0.15) is 0 Å². The van der Waals surface area contributed by atoms with E-state index < -0.39 is 11.7 Å². The van der Waals surface area contributed by atoms with Crippen molar-refractivity contribution in [3.63, 3.8) is 0 Å². The van der Waals surface area contributed by atoms with Crippen LogP contribution >= 0.6 is 0 Å². The van der Waals surface area contributed by atoms with Gasteiger partial charge in [0.05, 0.1) is 11.3 Å². The third-order valence-electron chi connectivity index (χ3n) is 2.63. The molecule has 0 aromatic carbocycles. The minimum absolute atomic E-state index is 0.0114. The molecule has 18 heavy (non-hydrogen) atoms. The number of rotatable bonds is 5. The van der Waals surface area contributed by atoms with Gasteiger partial charge in [-0.2, -0.15) is 13.2 Å². The van der Waals surface area contributed by atoms with Crippen LogP contribution in [0, 0.1) is 5.92 Å². The molecule has 1 rings (SSSR count). The van der Waals surface area contributed by atoms with E-state index in [1.54, 1.807) is 0 Å². The highest BCUT2D eigenvalue weighted by atomic mass is 19.4. The molecule has 1 aromatic rings. The Kier molecular flexibility index (Phi) is 5.14. The molecule has 2 nitrogen and oxygen atoms in total. The lowest BCUT2D eigenvalue weighted by Gasteiger charge is -2.19. The molecule has 1 aromatic heterocycles. The number of nitrogens with zero attached hydrogens (tertiary/aromatic N) is 1. The van der Waals surface area contributed by atoms with Crippen LogP contribution in [0.4, 0.5) is 13.2 Å². The van der Waals surface area contributed by atoms with E-state index in [9.17, 15) is 13.2 Å². The van der Waals surface area contributed by atoms with E-state index >= 15 is 0 Å². The molecule has 0 fully saturated rings. The van der Waals surface area contributed by atoms with Crippen LogP contribution in [0.1, 0.15) is 44.5 Å². The Labute approximate surface area is 106 Å². The summed E-state index contributed by atoms with van der Waals surface area (Å²) in [6.07, 6.45) is -2.57. The normalized spacial score (nSPS) is 13.9. The predicted molar refractivity (Wildman–Crippen MR) is 65.1 cm³/mol. The molecule has 5 heteroatoms. The van der Waals surface area contributed by atoms with Gasteiger partial charge in [-0.05, 0) is 31.0 Å². The van der Waals surface area contributed by atoms with Crippen LogP contribution in [0.5, 0.6) is 0 Å². The van der Waals surface area contributed by atoms with Crippen molar-refractivity contribution in [3.05, 3.63) is 29.6 Å². The van der Waals surface area contributed by atoms with E-state index in [1.807, 2.05) is 6.92 Å². The smallest absolute Gasteiger partial charge is 0.309 e. The van der Waals surface area contributed by atoms with Crippen molar-refractivity contribution in [1.82, 2.24) is 10.3 Å². The standard InChI is InChI=1S/C13H19F3N2/c1-4-17-12(7-9(2)3)11-6-5-10(8-18-11)13(14,15)16/h5-6,8-9,12,17H,4,7H2,1-3H3. The topological polar surface area (TPSA) is 24.9 Å². The molecule has 0 amide bonds. The Bertz CT molecular complexity index is 357. The molecule has 1 atom stereocenters. The lowest BCUT2D eigenvalue weighted by atomic mass is 10.0. The molecule has 0 bridgehead atoms. The first-order valence-electron chi connectivity index (χ1n) is 6.11. The summed E-state index contributed by atoms with van der Waals surface area (Å²) in [7, 11) is 0. The van der Waals surface area contributed by atoms with Gasteiger partial charge >= 0.3 is 6.18 Å². The van der Waals surface area contributed by atoms with Crippen molar-refractivity contribution in [2.24, 2.45) is 5.92 Å². The average molecular weight is 260 g/mol. The highest BCUT2D eigenvalue weighted by Crippen LogP contribution is 2.29. The van der Waals surface area contributed by atoms with Crippen molar-refractivity contribution in [2.75, 3.05) is 6.54 Å². The van der Waals surface area contributed by atoms with Crippen molar-refractivity contribution < 1.29 is 13.2 Å². The summed E-state index contributed by atoms with van der Waals surface area (Å²) in [5, 5.41) is 3.24. The van der Waals surface area contributed by atoms with Gasteiger partial charge in [0.25, 0.3) is 0 Å². The van der Waals surface area contributed by atoms with Crippen molar-refractivity contribution in [1.29, 1.82) is 0 Å². The third-order valence-corrected chi connectivity index (χ3v) is 2.63. The van der Waals surface area contributed by atoms with E-state index in [0.717, 1.165) is 25.2 Å². The number of alkyl halides is 3. The molecular formula is C13H19F3N2. The molecule has 0 aliphatic carbocycles. The third kappa shape index (κ3) is 4.29. The molecule has 102 valence electrons. The Morgan fingerprint density at radius 2 is 1.94 bits per heavy atom. The fourth-order valence-corrected chi connectivity index (χ4v) is 1.81. The van der Waals surface area contributed by atoms with Gasteiger partial charge in [-0.25, -0.2) is 0 Å². The second kappa shape index (κ2) is 6.18. The summed E-state index contributed by atoms with van der Waals surface area (Å²) >= 11 is 0. The summed E-state index contributed by atoms with van der Waals surface area (Å²) in [5.41, 5.74) is -0.0374. The van der Waals surface area contributed by atoms with Gasteiger partial charge in [0, 0.05) is 12.2 Å². The van der Waals surface area contributed by atoms with Gasteiger partial charge in [-0.1, -0.05) is 20.8 Å². The van der Waals surface area contributed by atoms with Crippen LogP contribution in [0.3, 0.4) is 0 Å². The highest BCUT2D eigenvalue weighted by molar-refractivity contribution is 5.19. The van der Waals surface area contributed by atoms with Crippen LogP contribution in [0.25, 0.3) is 0 Å². The molecule has 0 radical (unpaired) electrons. The number of hydrogen-bond donors (Lipinski definition) is 1. The first-order valence-corrected chi connectivity index (χ1v) is 6.11. The largest absolute Gasteiger partial charge is 0.417 e. The van der Waals surface area contributed by atoms with Gasteiger partial charge in [0.15, 0.2) is 0 Å². The molecule has 1 N–H and O–H groups in total. The summed E-state index contributed by atoms with van der Waals surface area (Å²) in [5.74, 6) is 0.457. The first kappa shape index (κ1) is 15.0. The molecule has 1 unspecified atom stereocenters. The van der Waals surface area contributed by atoms with Crippen LogP contribution in [0.15, 0.2) is 18.3 Å². The molecule has 1 heterocycles. The molecular weight excluding hydrogens is 241 g/mol. The average Bonchev–Trinajstić information content (AvgIpc) is 2.27. The fraction of sp³-hybridized carbons (Fsp3) is 0.615. The number of halogens is 3. The molecule has 0 saturated carbocycles. The molecule has 0 aliphatic heterocycles. The maximum atomic E-state index is 12.4. The zero-order valence-corrected chi connectivity index (χ0v) is 10.9. The molecule has 0 spiro atoms. The SMILES string of the molecule is CCNC(CC(C)C)c1ccc(C(F)(F)F)cn1. The minimum atomic E-state index is -4.32. The van der Waals surface area contributed by atoms with E-state index in [-0.39, 0.29) is 6.04 Å². The van der Waals surface area contributed by atoms with Crippen LogP contribution in [-0.4, -0.2) is 11.5 Å². The Morgan fingerprint density at radius 3 is 2.33 bits per heavy atom. The molecule has 0 aliphatic rings. The van der Waals surface area contributed by atoms with E-state index in [4.69, 9.17) is 0 Å². The maximum Gasteiger partial charge on any atom is 0.417 e. The molecule has 0 saturated heterocycles. The quantitative estimate of drug-likeness (QED) is 0.871. The van der Waals surface area contributed by atoms with Gasteiger partial charge in [0.2, 0.25) is 0 Å². The minimum Gasteiger partial charge on any atom is -0.309 e. The van der Waals surface area contributed by atoms with Crippen LogP contribution in [-0.2, 0) is 6.18 Å². The Balaban J connectivity index is 2.86. The zero-order chi connectivity index (χ0) is 13.8. The van der Waals surface area contributed by atoms with Gasteiger partial charge in [-0.15, -0.1) is 0 Å². The summed E-state index contributed by atoms with van der Waals surface area (Å²) in [4.78, 5) is 3.93. The number of hydrogen-bond acceptors (Lipinski definition) is 2. The van der Waals surface area contributed by atoms with Gasteiger partial charge in [-0.3, -0.25) is 4.98 Å². The first-order chi connectivity index (χ1) is 8.34. The predicted octanol–water partition coefficient (Wildman–Crippen LogP) is 3.80.